The van der Waals surface area contributed by atoms with Crippen LogP contribution in [0.2, 0.25) is 0 Å². The molecule has 0 N–H and O–H groups in total. The topological polar surface area (TPSA) is 38.8 Å². The maximum atomic E-state index is 12.1. The first-order valence-electron chi connectivity index (χ1n) is 11.5. The van der Waals surface area contributed by atoms with Gasteiger partial charge in [-0.3, -0.25) is 4.79 Å². The van der Waals surface area contributed by atoms with Gasteiger partial charge in [0.2, 0.25) is 0 Å². The quantitative estimate of drug-likeness (QED) is 0.463. The molecule has 2 aromatic rings. The molecule has 0 aromatic heterocycles. The van der Waals surface area contributed by atoms with Gasteiger partial charge in [-0.15, -0.1) is 0 Å². The molecule has 0 amide bonds. The molecule has 4 nitrogen and oxygen atoms in total. The number of para-hydroxylation sites is 1. The number of fused-ring (bicyclic) bond motifs is 2. The first-order chi connectivity index (χ1) is 15.0. The second-order valence-corrected chi connectivity index (χ2v) is 9.67. The Bertz CT molecular complexity index is 921. The van der Waals surface area contributed by atoms with Gasteiger partial charge in [0.1, 0.15) is 11.9 Å². The van der Waals surface area contributed by atoms with E-state index in [1.165, 1.54) is 36.9 Å². The van der Waals surface area contributed by atoms with Gasteiger partial charge >= 0.3 is 5.97 Å². The molecule has 1 heterocycles. The molecule has 31 heavy (non-hydrogen) atoms. The molecule has 1 aliphatic heterocycles. The fourth-order valence-electron chi connectivity index (χ4n) is 5.24. The van der Waals surface area contributed by atoms with Gasteiger partial charge in [0, 0.05) is 15.5 Å². The van der Waals surface area contributed by atoms with Crippen LogP contribution in [0.1, 0.15) is 62.3 Å². The third kappa shape index (κ3) is 4.83. The minimum absolute atomic E-state index is 0.00595. The van der Waals surface area contributed by atoms with Crippen molar-refractivity contribution in [1.82, 2.24) is 4.90 Å². The number of nitrogens with zero attached hydrogens (tertiary/aromatic N) is 1. The van der Waals surface area contributed by atoms with Gasteiger partial charge in [0.15, 0.2) is 0 Å². The van der Waals surface area contributed by atoms with Crippen LogP contribution in [-0.2, 0) is 21.4 Å². The lowest BCUT2D eigenvalue weighted by Crippen LogP contribution is -2.42. The highest BCUT2D eigenvalue weighted by atomic mass is 79.9. The van der Waals surface area contributed by atoms with Crippen LogP contribution in [0.5, 0.6) is 5.75 Å². The Labute approximate surface area is 194 Å². The molecule has 4 rings (SSSR count). The summed E-state index contributed by atoms with van der Waals surface area (Å²) in [6, 6.07) is 14.5. The van der Waals surface area contributed by atoms with E-state index in [-0.39, 0.29) is 23.9 Å². The van der Waals surface area contributed by atoms with Crippen molar-refractivity contribution in [3.05, 3.63) is 63.6 Å². The fraction of sp³-hybridized carbons (Fsp3) is 0.500. The summed E-state index contributed by atoms with van der Waals surface area (Å²) in [7, 11) is 0. The zero-order chi connectivity index (χ0) is 21.8. The summed E-state index contributed by atoms with van der Waals surface area (Å²) < 4.78 is 12.9. The lowest BCUT2D eigenvalue weighted by molar-refractivity contribution is -0.142. The summed E-state index contributed by atoms with van der Waals surface area (Å²) in [5.74, 6) is 0.569. The summed E-state index contributed by atoms with van der Waals surface area (Å²) in [6.45, 7) is 7.96. The van der Waals surface area contributed by atoms with Gasteiger partial charge in [-0.25, -0.2) is 0 Å². The van der Waals surface area contributed by atoms with Gasteiger partial charge < -0.3 is 14.4 Å². The molecular weight excluding hydrogens is 454 g/mol. The maximum absolute atomic E-state index is 12.1. The van der Waals surface area contributed by atoms with Crippen molar-refractivity contribution in [3.8, 4) is 5.75 Å². The number of hydrogen-bond acceptors (Lipinski definition) is 4. The Morgan fingerprint density at radius 1 is 1.16 bits per heavy atom. The molecule has 1 atom stereocenters. The van der Waals surface area contributed by atoms with Crippen molar-refractivity contribution in [2.24, 2.45) is 0 Å². The molecule has 0 radical (unpaired) electrons. The predicted octanol–water partition coefficient (Wildman–Crippen LogP) is 5.82. The Morgan fingerprint density at radius 2 is 1.94 bits per heavy atom. The monoisotopic (exact) mass is 485 g/mol. The molecule has 0 saturated carbocycles. The number of carbonyl (C=O) groups excluding carboxylic acids is 1. The smallest absolute Gasteiger partial charge is 0.310 e. The number of halogens is 1. The van der Waals surface area contributed by atoms with E-state index in [1.54, 1.807) is 0 Å². The van der Waals surface area contributed by atoms with Crippen LogP contribution >= 0.6 is 15.9 Å². The third-order valence-corrected chi connectivity index (χ3v) is 7.24. The van der Waals surface area contributed by atoms with Crippen LogP contribution in [0.4, 0.5) is 0 Å². The van der Waals surface area contributed by atoms with E-state index in [4.69, 9.17) is 9.47 Å². The molecule has 1 fully saturated rings. The van der Waals surface area contributed by atoms with Crippen LogP contribution in [0.3, 0.4) is 0 Å². The summed E-state index contributed by atoms with van der Waals surface area (Å²) in [4.78, 5) is 14.7. The number of hydrogen-bond donors (Lipinski definition) is 0. The molecule has 1 aliphatic carbocycles. The van der Waals surface area contributed by atoms with E-state index in [1.807, 2.05) is 31.2 Å². The van der Waals surface area contributed by atoms with E-state index in [0.717, 1.165) is 35.3 Å². The zero-order valence-electron chi connectivity index (χ0n) is 18.5. The average molecular weight is 486 g/mol. The number of carbonyl (C=O) groups is 1. The average Bonchev–Trinajstić information content (AvgIpc) is 3.04. The number of benzene rings is 2. The van der Waals surface area contributed by atoms with Crippen LogP contribution in [-0.4, -0.2) is 37.1 Å². The second-order valence-electron chi connectivity index (χ2n) is 8.75. The normalized spacial score (nSPS) is 19.9. The predicted molar refractivity (Wildman–Crippen MR) is 127 cm³/mol. The highest BCUT2D eigenvalue weighted by Gasteiger charge is 2.46. The first-order valence-corrected chi connectivity index (χ1v) is 12.3. The molecule has 2 aliphatic rings. The van der Waals surface area contributed by atoms with Crippen LogP contribution in [0.25, 0.3) is 0 Å². The van der Waals surface area contributed by atoms with E-state index in [9.17, 15) is 4.79 Å². The molecule has 166 valence electrons. The van der Waals surface area contributed by atoms with Crippen LogP contribution < -0.4 is 4.74 Å². The van der Waals surface area contributed by atoms with Crippen molar-refractivity contribution in [2.75, 3.05) is 26.2 Å². The molecule has 0 bridgehead atoms. The van der Waals surface area contributed by atoms with Gasteiger partial charge in [-0.05, 0) is 81.6 Å². The number of piperidine rings is 1. The minimum Gasteiger partial charge on any atom is -0.485 e. The summed E-state index contributed by atoms with van der Waals surface area (Å²) in [5.41, 5.74) is 3.79. The van der Waals surface area contributed by atoms with Crippen LogP contribution in [0.15, 0.2) is 46.9 Å². The number of ether oxygens (including phenoxy) is 2. The number of likely N-dealkylation sites (tertiary alicyclic amines) is 1. The zero-order valence-corrected chi connectivity index (χ0v) is 20.1. The Morgan fingerprint density at radius 3 is 2.68 bits per heavy atom. The minimum atomic E-state index is -0.215. The van der Waals surface area contributed by atoms with Crippen molar-refractivity contribution in [3.63, 3.8) is 0 Å². The van der Waals surface area contributed by atoms with Crippen molar-refractivity contribution in [1.29, 1.82) is 0 Å². The SMILES string of the molecule is CCCN1CCC2(CC1)C[C@@H](Oc1ccccc1CC(=O)OCC)c1cc(Br)ccc12. The van der Waals surface area contributed by atoms with E-state index in [0.29, 0.717) is 6.61 Å². The molecule has 1 saturated heterocycles. The summed E-state index contributed by atoms with van der Waals surface area (Å²) in [5, 5.41) is 0. The fourth-order valence-corrected chi connectivity index (χ4v) is 5.62. The first kappa shape index (κ1) is 22.3. The van der Waals surface area contributed by atoms with E-state index < -0.39 is 0 Å². The molecule has 0 unspecified atom stereocenters. The number of esters is 1. The lowest BCUT2D eigenvalue weighted by Gasteiger charge is -2.40. The van der Waals surface area contributed by atoms with Crippen molar-refractivity contribution >= 4 is 21.9 Å². The van der Waals surface area contributed by atoms with Gasteiger partial charge in [0.25, 0.3) is 0 Å². The van der Waals surface area contributed by atoms with E-state index >= 15 is 0 Å². The van der Waals surface area contributed by atoms with Gasteiger partial charge in [0.05, 0.1) is 13.0 Å². The standard InChI is InChI=1S/C26H32BrNO3/c1-3-13-28-14-11-26(12-15-28)18-24(21-17-20(27)9-10-22(21)26)31-23-8-6-5-7-19(23)16-25(29)30-4-2/h5-10,17,24H,3-4,11-16,18H2,1-2H3/t24-/m1/s1. The second kappa shape index (κ2) is 9.74. The van der Waals surface area contributed by atoms with Crippen LogP contribution in [0, 0.1) is 0 Å². The lowest BCUT2D eigenvalue weighted by atomic mass is 9.73. The molecule has 5 heteroatoms. The Hall–Kier alpha value is -1.85. The molecule has 2 aromatic carbocycles. The molecule has 1 spiro atoms. The molecular formula is C26H32BrNO3. The Balaban J connectivity index is 1.58. The van der Waals surface area contributed by atoms with Crippen molar-refractivity contribution in [2.45, 2.75) is 57.5 Å². The van der Waals surface area contributed by atoms with Gasteiger partial charge in [-0.1, -0.05) is 47.1 Å². The summed E-state index contributed by atoms with van der Waals surface area (Å²) >= 11 is 3.66. The highest BCUT2D eigenvalue weighted by molar-refractivity contribution is 9.10. The van der Waals surface area contributed by atoms with Gasteiger partial charge in [-0.2, -0.15) is 0 Å². The third-order valence-electron chi connectivity index (χ3n) is 6.74. The van der Waals surface area contributed by atoms with Crippen molar-refractivity contribution < 1.29 is 14.3 Å². The Kier molecular flexibility index (Phi) is 7.02. The maximum Gasteiger partial charge on any atom is 0.310 e. The summed E-state index contributed by atoms with van der Waals surface area (Å²) in [6.07, 6.45) is 4.77. The highest BCUT2D eigenvalue weighted by Crippen LogP contribution is 2.52. The van der Waals surface area contributed by atoms with E-state index in [2.05, 4.69) is 46.0 Å². The largest absolute Gasteiger partial charge is 0.485 e. The number of rotatable bonds is 7.